The van der Waals surface area contributed by atoms with Gasteiger partial charge in [0.15, 0.2) is 0 Å². The zero-order chi connectivity index (χ0) is 23.4. The van der Waals surface area contributed by atoms with E-state index in [0.29, 0.717) is 60.3 Å². The zero-order valence-corrected chi connectivity index (χ0v) is 21.3. The molecule has 0 aromatic rings. The molecule has 0 radical (unpaired) electrons. The van der Waals surface area contributed by atoms with E-state index in [4.69, 9.17) is 0 Å². The second-order valence-electron chi connectivity index (χ2n) is 12.9. The number of nitrogens with one attached hydrogen (secondary N) is 1. The average molecular weight is 446 g/mol. The first kappa shape index (κ1) is 24.4. The van der Waals surface area contributed by atoms with Crippen LogP contribution in [0.4, 0.5) is 0 Å². The number of Topliss-reactive ketones (excluding diaryl/α,β-unsaturated/α-hetero) is 2. The summed E-state index contributed by atoms with van der Waals surface area (Å²) in [5.41, 5.74) is -0.146. The molecule has 2 unspecified atom stereocenters. The molecule has 4 nitrogen and oxygen atoms in total. The Bertz CT molecular complexity index is 734. The Morgan fingerprint density at radius 1 is 1.12 bits per heavy atom. The van der Waals surface area contributed by atoms with Gasteiger partial charge in [0.1, 0.15) is 11.6 Å². The van der Waals surface area contributed by atoms with Crippen LogP contribution in [0.1, 0.15) is 99.3 Å². The largest absolute Gasteiger partial charge is 0.393 e. The molecule has 0 aliphatic heterocycles. The first-order valence-electron chi connectivity index (χ1n) is 13.4. The first-order chi connectivity index (χ1) is 15.0. The minimum Gasteiger partial charge on any atom is -0.393 e. The molecule has 4 heteroatoms. The Morgan fingerprint density at radius 2 is 1.84 bits per heavy atom. The van der Waals surface area contributed by atoms with Gasteiger partial charge in [-0.3, -0.25) is 4.79 Å². The lowest BCUT2D eigenvalue weighted by Crippen LogP contribution is -2.62. The van der Waals surface area contributed by atoms with E-state index in [1.807, 2.05) is 0 Å². The summed E-state index contributed by atoms with van der Waals surface area (Å²) in [6.45, 7) is 13.0. The molecular weight excluding hydrogens is 398 g/mol. The van der Waals surface area contributed by atoms with Crippen molar-refractivity contribution in [2.24, 2.45) is 46.3 Å². The van der Waals surface area contributed by atoms with E-state index in [1.54, 1.807) is 6.92 Å². The summed E-state index contributed by atoms with van der Waals surface area (Å²) in [6.07, 6.45) is 8.41. The summed E-state index contributed by atoms with van der Waals surface area (Å²) in [4.78, 5) is 25.4. The monoisotopic (exact) mass is 445 g/mol. The summed E-state index contributed by atoms with van der Waals surface area (Å²) in [5.74, 6) is 2.84. The molecule has 4 saturated carbocycles. The predicted octanol–water partition coefficient (Wildman–Crippen LogP) is 5.17. The maximum Gasteiger partial charge on any atom is 0.139 e. The number of carbonyl (C=O) groups is 2. The highest BCUT2D eigenvalue weighted by atomic mass is 16.3. The molecule has 4 aliphatic rings. The molecule has 0 bridgehead atoms. The van der Waals surface area contributed by atoms with E-state index in [9.17, 15) is 14.7 Å². The van der Waals surface area contributed by atoms with Gasteiger partial charge in [-0.1, -0.05) is 34.6 Å². The van der Waals surface area contributed by atoms with Crippen molar-refractivity contribution in [2.75, 3.05) is 0 Å². The van der Waals surface area contributed by atoms with E-state index >= 15 is 0 Å². The van der Waals surface area contributed by atoms with Gasteiger partial charge < -0.3 is 15.2 Å². The fourth-order valence-corrected chi connectivity index (χ4v) is 9.14. The molecule has 182 valence electrons. The van der Waals surface area contributed by atoms with Crippen LogP contribution in [0.2, 0.25) is 0 Å². The molecular formula is C28H47NO3. The number of hydrogen-bond acceptors (Lipinski definition) is 4. The van der Waals surface area contributed by atoms with Crippen molar-refractivity contribution in [3.8, 4) is 0 Å². The van der Waals surface area contributed by atoms with E-state index < -0.39 is 0 Å². The van der Waals surface area contributed by atoms with Crippen molar-refractivity contribution in [1.82, 2.24) is 5.32 Å². The number of fused-ring (bicyclic) bond motifs is 5. The quantitative estimate of drug-likeness (QED) is 0.592. The van der Waals surface area contributed by atoms with Crippen LogP contribution in [0.5, 0.6) is 0 Å². The summed E-state index contributed by atoms with van der Waals surface area (Å²) in [7, 11) is 0. The number of ketones is 2. The van der Waals surface area contributed by atoms with Gasteiger partial charge in [0.05, 0.1) is 6.10 Å². The number of hydrogen-bond donors (Lipinski definition) is 2. The molecule has 0 aromatic heterocycles. The van der Waals surface area contributed by atoms with Crippen molar-refractivity contribution in [2.45, 2.75) is 118 Å². The summed E-state index contributed by atoms with van der Waals surface area (Å²) >= 11 is 0. The molecule has 0 amide bonds. The third kappa shape index (κ3) is 3.91. The molecule has 2 N–H and O–H groups in total. The molecule has 0 saturated heterocycles. The summed E-state index contributed by atoms with van der Waals surface area (Å²) < 4.78 is 0. The van der Waals surface area contributed by atoms with Gasteiger partial charge in [-0.25, -0.2) is 0 Å². The molecule has 10 atom stereocenters. The van der Waals surface area contributed by atoms with E-state index in [1.165, 1.54) is 12.8 Å². The normalized spacial score (nSPS) is 47.0. The molecule has 0 aromatic carbocycles. The SMILES string of the molecule is CC(=O)CC[C@@H](C)[C@H]1CC[C@H]2[C@@H]3C(O)C[C@@H]4CC(NC(C)C)CC[C@]4(C)[C@H]3CC(=O)[C@]12C. The molecule has 4 fully saturated rings. The fourth-order valence-electron chi connectivity index (χ4n) is 9.14. The zero-order valence-electron chi connectivity index (χ0n) is 21.3. The highest BCUT2D eigenvalue weighted by Gasteiger charge is 2.65. The smallest absolute Gasteiger partial charge is 0.139 e. The van der Waals surface area contributed by atoms with Crippen molar-refractivity contribution >= 4 is 11.6 Å². The lowest BCUT2D eigenvalue weighted by atomic mass is 9.43. The van der Waals surface area contributed by atoms with Crippen molar-refractivity contribution in [3.05, 3.63) is 0 Å². The molecule has 4 rings (SSSR count). The van der Waals surface area contributed by atoms with E-state index in [2.05, 4.69) is 39.9 Å². The van der Waals surface area contributed by atoms with Crippen LogP contribution in [-0.4, -0.2) is 34.9 Å². The minimum atomic E-state index is -0.321. The van der Waals surface area contributed by atoms with Gasteiger partial charge in [-0.15, -0.1) is 0 Å². The van der Waals surface area contributed by atoms with Crippen LogP contribution < -0.4 is 5.32 Å². The topological polar surface area (TPSA) is 66.4 Å². The molecule has 0 heterocycles. The predicted molar refractivity (Wildman–Crippen MR) is 128 cm³/mol. The Labute approximate surface area is 195 Å². The van der Waals surface area contributed by atoms with Crippen LogP contribution in [0.25, 0.3) is 0 Å². The third-order valence-corrected chi connectivity index (χ3v) is 10.8. The Kier molecular flexibility index (Phi) is 6.71. The first-order valence-corrected chi connectivity index (χ1v) is 13.4. The van der Waals surface area contributed by atoms with E-state index in [0.717, 1.165) is 32.1 Å². The van der Waals surface area contributed by atoms with Crippen molar-refractivity contribution < 1.29 is 14.7 Å². The summed E-state index contributed by atoms with van der Waals surface area (Å²) in [5, 5.41) is 15.2. The highest BCUT2D eigenvalue weighted by Crippen LogP contribution is 2.67. The minimum absolute atomic E-state index is 0.175. The lowest BCUT2D eigenvalue weighted by Gasteiger charge is -2.62. The summed E-state index contributed by atoms with van der Waals surface area (Å²) in [6, 6.07) is 1.03. The highest BCUT2D eigenvalue weighted by molar-refractivity contribution is 5.87. The van der Waals surface area contributed by atoms with E-state index in [-0.39, 0.29) is 28.6 Å². The standard InChI is InChI=1S/C28H47NO3/c1-16(2)29-20-11-12-27(5)19(13-20)14-24(31)26-22-10-9-21(17(3)7-8-18(4)30)28(22,6)25(32)15-23(26)27/h16-17,19-24,26,29,31H,7-15H2,1-6H3/t17-,19+,20?,21-,22+,23+,24?,26+,27+,28-/m1/s1. The van der Waals surface area contributed by atoms with Gasteiger partial charge in [0.25, 0.3) is 0 Å². The van der Waals surface area contributed by atoms with Crippen LogP contribution >= 0.6 is 0 Å². The maximum absolute atomic E-state index is 13.9. The van der Waals surface area contributed by atoms with Gasteiger partial charge in [0, 0.05) is 30.3 Å². The van der Waals surface area contributed by atoms with Crippen LogP contribution in [-0.2, 0) is 9.59 Å². The van der Waals surface area contributed by atoms with Gasteiger partial charge in [0.2, 0.25) is 0 Å². The molecule has 4 aliphatic carbocycles. The fraction of sp³-hybridized carbons (Fsp3) is 0.929. The Morgan fingerprint density at radius 3 is 2.50 bits per heavy atom. The number of carbonyl (C=O) groups excluding carboxylic acids is 2. The second kappa shape index (κ2) is 8.80. The lowest BCUT2D eigenvalue weighted by molar-refractivity contribution is -0.177. The number of aliphatic hydroxyl groups excluding tert-OH is 1. The Hall–Kier alpha value is -0.740. The van der Waals surface area contributed by atoms with Crippen molar-refractivity contribution in [3.63, 3.8) is 0 Å². The van der Waals surface area contributed by atoms with Gasteiger partial charge in [-0.05, 0) is 92.8 Å². The van der Waals surface area contributed by atoms with Crippen LogP contribution in [0, 0.1) is 46.3 Å². The second-order valence-corrected chi connectivity index (χ2v) is 12.9. The van der Waals surface area contributed by atoms with Crippen LogP contribution in [0.3, 0.4) is 0 Å². The van der Waals surface area contributed by atoms with Gasteiger partial charge in [-0.2, -0.15) is 0 Å². The van der Waals surface area contributed by atoms with Crippen LogP contribution in [0.15, 0.2) is 0 Å². The number of rotatable bonds is 6. The average Bonchev–Trinajstić information content (AvgIpc) is 3.06. The number of aliphatic hydroxyl groups is 1. The third-order valence-electron chi connectivity index (χ3n) is 10.8. The molecule has 32 heavy (non-hydrogen) atoms. The molecule has 0 spiro atoms. The Balaban J connectivity index is 1.56. The van der Waals surface area contributed by atoms with Gasteiger partial charge >= 0.3 is 0 Å². The maximum atomic E-state index is 13.9. The van der Waals surface area contributed by atoms with Crippen molar-refractivity contribution in [1.29, 1.82) is 0 Å².